The van der Waals surface area contributed by atoms with Crippen LogP contribution in [0.1, 0.15) is 10.5 Å². The molecule has 0 aliphatic rings. The molecule has 0 aromatic carbocycles. The van der Waals surface area contributed by atoms with Gasteiger partial charge in [-0.1, -0.05) is 23.2 Å². The van der Waals surface area contributed by atoms with E-state index in [0.717, 1.165) is 0 Å². The lowest BCUT2D eigenvalue weighted by Gasteiger charge is -1.96. The Hall–Kier alpha value is -1.000. The summed E-state index contributed by atoms with van der Waals surface area (Å²) in [4.78, 5) is 10.4. The van der Waals surface area contributed by atoms with E-state index >= 15 is 0 Å². The first-order chi connectivity index (χ1) is 6.13. The molecule has 4 nitrogen and oxygen atoms in total. The van der Waals surface area contributed by atoms with E-state index < -0.39 is 5.97 Å². The Morgan fingerprint density at radius 2 is 2.46 bits per heavy atom. The van der Waals surface area contributed by atoms with E-state index in [1.54, 1.807) is 0 Å². The van der Waals surface area contributed by atoms with E-state index in [2.05, 4.69) is 5.10 Å². The van der Waals surface area contributed by atoms with Crippen molar-refractivity contribution in [3.05, 3.63) is 28.5 Å². The van der Waals surface area contributed by atoms with Crippen molar-refractivity contribution in [2.45, 2.75) is 6.54 Å². The Balaban J connectivity index is 2.75. The first kappa shape index (κ1) is 10.1. The highest BCUT2D eigenvalue weighted by Gasteiger charge is 2.06. The number of halogens is 2. The Kier molecular flexibility index (Phi) is 3.33. The zero-order valence-electron chi connectivity index (χ0n) is 6.44. The van der Waals surface area contributed by atoms with Crippen LogP contribution >= 0.6 is 23.2 Å². The van der Waals surface area contributed by atoms with E-state index in [-0.39, 0.29) is 12.2 Å². The lowest BCUT2D eigenvalue weighted by Crippen LogP contribution is -2.02. The first-order valence-corrected chi connectivity index (χ1v) is 4.16. The number of hydrogen-bond donors (Lipinski definition) is 1. The number of carboxylic acid groups (broad SMARTS) is 1. The Morgan fingerprint density at radius 1 is 1.77 bits per heavy atom. The number of aromatic carboxylic acids is 1. The number of rotatable bonds is 3. The van der Waals surface area contributed by atoms with Crippen LogP contribution in [0.15, 0.2) is 22.8 Å². The van der Waals surface area contributed by atoms with Gasteiger partial charge in [-0.05, 0) is 6.07 Å². The van der Waals surface area contributed by atoms with Gasteiger partial charge in [0, 0.05) is 11.7 Å². The van der Waals surface area contributed by atoms with Crippen LogP contribution in [0.25, 0.3) is 0 Å². The lowest BCUT2D eigenvalue weighted by molar-refractivity contribution is 0.0689. The van der Waals surface area contributed by atoms with Gasteiger partial charge in [0.2, 0.25) is 0 Å². The van der Waals surface area contributed by atoms with E-state index in [0.29, 0.717) is 5.03 Å². The van der Waals surface area contributed by atoms with Gasteiger partial charge < -0.3 is 5.11 Å². The fraction of sp³-hybridized carbons (Fsp3) is 0.143. The van der Waals surface area contributed by atoms with Crippen LogP contribution in [0.5, 0.6) is 0 Å². The van der Waals surface area contributed by atoms with Crippen LogP contribution in [-0.4, -0.2) is 20.9 Å². The second-order valence-electron chi connectivity index (χ2n) is 2.26. The van der Waals surface area contributed by atoms with Crippen molar-refractivity contribution < 1.29 is 9.90 Å². The van der Waals surface area contributed by atoms with Gasteiger partial charge in [-0.2, -0.15) is 5.10 Å². The van der Waals surface area contributed by atoms with Crippen molar-refractivity contribution in [3.63, 3.8) is 0 Å². The largest absolute Gasteiger partial charge is 0.476 e. The molecule has 1 aromatic heterocycles. The van der Waals surface area contributed by atoms with Gasteiger partial charge in [-0.3, -0.25) is 4.68 Å². The SMILES string of the molecule is O=C(O)c1ccn(CC(Cl)=CCl)n1. The van der Waals surface area contributed by atoms with Gasteiger partial charge in [0.05, 0.1) is 11.6 Å². The highest BCUT2D eigenvalue weighted by molar-refractivity contribution is 6.36. The van der Waals surface area contributed by atoms with Crippen molar-refractivity contribution in [1.82, 2.24) is 9.78 Å². The summed E-state index contributed by atoms with van der Waals surface area (Å²) in [6.45, 7) is 0.276. The molecule has 1 aromatic rings. The molecule has 70 valence electrons. The molecule has 0 radical (unpaired) electrons. The number of hydrogen-bond acceptors (Lipinski definition) is 2. The fourth-order valence-corrected chi connectivity index (χ4v) is 0.945. The Morgan fingerprint density at radius 3 is 2.92 bits per heavy atom. The molecule has 0 saturated heterocycles. The van der Waals surface area contributed by atoms with Gasteiger partial charge in [0.15, 0.2) is 5.69 Å². The van der Waals surface area contributed by atoms with Crippen LogP contribution in [0.4, 0.5) is 0 Å². The number of allylic oxidation sites excluding steroid dienone is 1. The molecule has 0 spiro atoms. The summed E-state index contributed by atoms with van der Waals surface area (Å²) in [5, 5.41) is 12.7. The van der Waals surface area contributed by atoms with Crippen molar-refractivity contribution in [2.24, 2.45) is 0 Å². The molecule has 0 unspecified atom stereocenters. The second kappa shape index (κ2) is 4.30. The summed E-state index contributed by atoms with van der Waals surface area (Å²) < 4.78 is 1.39. The smallest absolute Gasteiger partial charge is 0.356 e. The monoisotopic (exact) mass is 220 g/mol. The average molecular weight is 221 g/mol. The number of aromatic nitrogens is 2. The molecule has 6 heteroatoms. The molecule has 1 heterocycles. The highest BCUT2D eigenvalue weighted by Crippen LogP contribution is 2.06. The third-order valence-corrected chi connectivity index (χ3v) is 1.89. The average Bonchev–Trinajstić information content (AvgIpc) is 2.52. The van der Waals surface area contributed by atoms with Crippen LogP contribution in [0.2, 0.25) is 0 Å². The minimum Gasteiger partial charge on any atom is -0.476 e. The summed E-state index contributed by atoms with van der Waals surface area (Å²) in [7, 11) is 0. The molecular formula is C7H6Cl2N2O2. The molecule has 0 aliphatic carbocycles. The lowest BCUT2D eigenvalue weighted by atomic mass is 10.5. The maximum absolute atomic E-state index is 10.4. The van der Waals surface area contributed by atoms with Crippen molar-refractivity contribution in [1.29, 1.82) is 0 Å². The van der Waals surface area contributed by atoms with Crippen molar-refractivity contribution in [3.8, 4) is 0 Å². The van der Waals surface area contributed by atoms with Crippen LogP contribution < -0.4 is 0 Å². The summed E-state index contributed by atoms with van der Waals surface area (Å²) in [6.07, 6.45) is 1.52. The summed E-state index contributed by atoms with van der Waals surface area (Å²) in [5.41, 5.74) is 1.20. The summed E-state index contributed by atoms with van der Waals surface area (Å²) in [6, 6.07) is 1.39. The van der Waals surface area contributed by atoms with E-state index in [1.165, 1.54) is 22.5 Å². The zero-order chi connectivity index (χ0) is 9.84. The van der Waals surface area contributed by atoms with Crippen molar-refractivity contribution in [2.75, 3.05) is 0 Å². The zero-order valence-corrected chi connectivity index (χ0v) is 7.96. The van der Waals surface area contributed by atoms with Gasteiger partial charge in [-0.25, -0.2) is 4.79 Å². The first-order valence-electron chi connectivity index (χ1n) is 3.35. The minimum atomic E-state index is -1.07. The van der Waals surface area contributed by atoms with Gasteiger partial charge in [-0.15, -0.1) is 0 Å². The number of carboxylic acids is 1. The summed E-state index contributed by atoms with van der Waals surface area (Å²) in [5.74, 6) is -1.07. The standard InChI is InChI=1S/C7H6Cl2N2O2/c8-3-5(9)4-11-2-1-6(10-11)7(12)13/h1-3H,4H2,(H,12,13). The van der Waals surface area contributed by atoms with Gasteiger partial charge in [0.1, 0.15) is 0 Å². The van der Waals surface area contributed by atoms with E-state index in [4.69, 9.17) is 28.3 Å². The molecule has 0 bridgehead atoms. The minimum absolute atomic E-state index is 0.0148. The molecule has 0 saturated carbocycles. The number of nitrogens with zero attached hydrogens (tertiary/aromatic N) is 2. The molecule has 0 atom stereocenters. The van der Waals surface area contributed by atoms with Crippen LogP contribution in [0.3, 0.4) is 0 Å². The van der Waals surface area contributed by atoms with Crippen LogP contribution in [0, 0.1) is 0 Å². The Labute approximate surface area is 84.4 Å². The molecule has 1 N–H and O–H groups in total. The third kappa shape index (κ3) is 2.75. The van der Waals surface area contributed by atoms with E-state index in [9.17, 15) is 4.79 Å². The topological polar surface area (TPSA) is 55.1 Å². The maximum atomic E-state index is 10.4. The Bertz CT molecular complexity index is 346. The second-order valence-corrected chi connectivity index (χ2v) is 2.96. The number of carbonyl (C=O) groups is 1. The predicted octanol–water partition coefficient (Wildman–Crippen LogP) is 1.90. The van der Waals surface area contributed by atoms with E-state index in [1.807, 2.05) is 0 Å². The predicted molar refractivity (Wildman–Crippen MR) is 49.0 cm³/mol. The molecule has 1 rings (SSSR count). The summed E-state index contributed by atoms with van der Waals surface area (Å²) >= 11 is 10.9. The maximum Gasteiger partial charge on any atom is 0.356 e. The molecular weight excluding hydrogens is 215 g/mol. The third-order valence-electron chi connectivity index (χ3n) is 1.29. The molecule has 0 aliphatic heterocycles. The van der Waals surface area contributed by atoms with Gasteiger partial charge in [0.25, 0.3) is 0 Å². The molecule has 0 amide bonds. The van der Waals surface area contributed by atoms with Gasteiger partial charge >= 0.3 is 5.97 Å². The van der Waals surface area contributed by atoms with Crippen LogP contribution in [-0.2, 0) is 6.54 Å². The molecule has 0 fully saturated rings. The quantitative estimate of drug-likeness (QED) is 0.847. The normalized spacial score (nSPS) is 11.7. The molecule has 13 heavy (non-hydrogen) atoms. The van der Waals surface area contributed by atoms with Crippen molar-refractivity contribution >= 4 is 29.2 Å². The fourth-order valence-electron chi connectivity index (χ4n) is 0.753. The highest BCUT2D eigenvalue weighted by atomic mass is 35.5.